The van der Waals surface area contributed by atoms with Gasteiger partial charge in [0.25, 0.3) is 0 Å². The number of rotatable bonds is 12. The number of aromatic hydroxyl groups is 1. The molecule has 0 aromatic heterocycles. The Morgan fingerprint density at radius 2 is 1.19 bits per heavy atom. The van der Waals surface area contributed by atoms with Crippen LogP contribution < -0.4 is 4.74 Å². The summed E-state index contributed by atoms with van der Waals surface area (Å²) in [6.07, 6.45) is 8.24. The van der Waals surface area contributed by atoms with Gasteiger partial charge in [-0.25, -0.2) is 0 Å². The van der Waals surface area contributed by atoms with Crippen LogP contribution in [-0.2, 0) is 38.2 Å². The van der Waals surface area contributed by atoms with Gasteiger partial charge >= 0.3 is 11.3 Å². The van der Waals surface area contributed by atoms with Crippen molar-refractivity contribution in [1.82, 2.24) is 4.90 Å². The smallest absolute Gasteiger partial charge is 0 e. The number of phenols is 1. The van der Waals surface area contributed by atoms with Gasteiger partial charge in [0.1, 0.15) is 11.5 Å². The second kappa shape index (κ2) is 19.0. The molecule has 0 saturated heterocycles. The van der Waals surface area contributed by atoms with Crippen LogP contribution in [0.2, 0.25) is 0 Å². The minimum Gasteiger partial charge on any atom is 0 e. The average Bonchev–Trinajstić information content (AvgIpc) is 3.05. The minimum atomic E-state index is 0. The zero-order valence-corrected chi connectivity index (χ0v) is 27.5. The summed E-state index contributed by atoms with van der Waals surface area (Å²) in [5, 5.41) is 9.80. The Balaban J connectivity index is 0.00000165. The van der Waals surface area contributed by atoms with E-state index in [4.69, 9.17) is 9.39 Å². The summed E-state index contributed by atoms with van der Waals surface area (Å²) in [6, 6.07) is 37.7. The van der Waals surface area contributed by atoms with Crippen LogP contribution in [0.25, 0.3) is 5.57 Å². The Morgan fingerprint density at radius 1 is 0.674 bits per heavy atom. The molecule has 223 valence electrons. The van der Waals surface area contributed by atoms with Crippen LogP contribution in [-0.4, -0.2) is 23.2 Å². The third-order valence-corrected chi connectivity index (χ3v) is 7.75. The van der Waals surface area contributed by atoms with E-state index in [9.17, 15) is 5.11 Å². The van der Waals surface area contributed by atoms with Gasteiger partial charge in [-0.05, 0) is 97.2 Å². The second-order valence-electron chi connectivity index (χ2n) is 10.8. The van der Waals surface area contributed by atoms with Gasteiger partial charge in [0.15, 0.2) is 0 Å². The van der Waals surface area contributed by atoms with Crippen LogP contribution in [0, 0.1) is 6.65 Å². The first-order chi connectivity index (χ1) is 20.7. The van der Waals surface area contributed by atoms with Gasteiger partial charge in [-0.3, -0.25) is 4.90 Å². The molecule has 1 saturated carbocycles. The summed E-state index contributed by atoms with van der Waals surface area (Å²) in [5.41, 5.74) is 7.96. The van der Waals surface area contributed by atoms with Crippen LogP contribution in [0.1, 0.15) is 67.2 Å². The van der Waals surface area contributed by atoms with Crippen molar-refractivity contribution in [3.8, 4) is 11.5 Å². The zero-order valence-electron chi connectivity index (χ0n) is 24.8. The van der Waals surface area contributed by atoms with E-state index in [2.05, 4.69) is 96.5 Å². The van der Waals surface area contributed by atoms with E-state index in [1.54, 1.807) is 12.1 Å². The maximum absolute atomic E-state index is 9.80. The SMILES string of the molecule is Oc1ccc(C(=C2CCCCC2)c2ccc(OCCCCN(Cc3ccccc3)Cc3ccccc3)cc2)cc1.[C-]#[O+].[Re]. The second-order valence-corrected chi connectivity index (χ2v) is 10.8. The molecule has 5 rings (SSSR count). The molecule has 4 aromatic carbocycles. The van der Waals surface area contributed by atoms with Gasteiger partial charge in [-0.15, -0.1) is 0 Å². The Morgan fingerprint density at radius 3 is 1.72 bits per heavy atom. The van der Waals surface area contributed by atoms with E-state index in [1.807, 2.05) is 12.1 Å². The summed E-state index contributed by atoms with van der Waals surface area (Å²) in [6.45, 7) is 8.17. The molecular weight excluding hydrogens is 705 g/mol. The van der Waals surface area contributed by atoms with E-state index in [0.717, 1.165) is 57.7 Å². The molecule has 0 aliphatic heterocycles. The molecule has 1 radical (unpaired) electrons. The van der Waals surface area contributed by atoms with Gasteiger partial charge in [0, 0.05) is 33.5 Å². The molecule has 0 spiro atoms. The third kappa shape index (κ3) is 11.0. The first kappa shape index (κ1) is 34.1. The number of phenolic OH excluding ortho intramolecular Hbond substituents is 1. The van der Waals surface area contributed by atoms with E-state index in [-0.39, 0.29) is 20.4 Å². The molecule has 0 unspecified atom stereocenters. The number of allylic oxidation sites excluding steroid dienone is 1. The number of hydrogen-bond donors (Lipinski definition) is 1. The van der Waals surface area contributed by atoms with Crippen molar-refractivity contribution in [3.05, 3.63) is 144 Å². The molecule has 0 heterocycles. The molecule has 43 heavy (non-hydrogen) atoms. The fraction of sp³-hybridized carbons (Fsp3) is 0.289. The quantitative estimate of drug-likeness (QED) is 0.0896. The fourth-order valence-electron chi connectivity index (χ4n) is 5.67. The summed E-state index contributed by atoms with van der Waals surface area (Å²) < 4.78 is 13.7. The number of nitrogens with zero attached hydrogens (tertiary/aromatic N) is 1. The normalized spacial score (nSPS) is 12.5. The number of benzene rings is 4. The first-order valence-corrected chi connectivity index (χ1v) is 15.0. The Bertz CT molecular complexity index is 1330. The van der Waals surface area contributed by atoms with Crippen molar-refractivity contribution in [3.63, 3.8) is 0 Å². The molecule has 0 amide bonds. The molecule has 1 N–H and O–H groups in total. The van der Waals surface area contributed by atoms with Crippen molar-refractivity contribution < 1.29 is 34.9 Å². The van der Waals surface area contributed by atoms with Gasteiger partial charge in [-0.1, -0.05) is 96.9 Å². The number of unbranched alkanes of at least 4 members (excludes halogenated alkanes) is 1. The number of hydrogen-bond acceptors (Lipinski definition) is 3. The zero-order chi connectivity index (χ0) is 29.4. The monoisotopic (exact) mass is 746 g/mol. The first-order valence-electron chi connectivity index (χ1n) is 15.0. The van der Waals surface area contributed by atoms with Crippen LogP contribution in [0.15, 0.2) is 115 Å². The van der Waals surface area contributed by atoms with Gasteiger partial charge in [0.2, 0.25) is 0 Å². The van der Waals surface area contributed by atoms with Gasteiger partial charge in [0.05, 0.1) is 6.61 Å². The van der Waals surface area contributed by atoms with Crippen molar-refractivity contribution in [2.45, 2.75) is 58.0 Å². The molecule has 1 aliphatic carbocycles. The van der Waals surface area contributed by atoms with E-state index in [0.29, 0.717) is 5.75 Å². The Hall–Kier alpha value is -3.42. The van der Waals surface area contributed by atoms with Gasteiger partial charge in [-0.2, -0.15) is 0 Å². The molecular formula is C38H41NO3Re. The maximum atomic E-state index is 9.80. The average molecular weight is 746 g/mol. The van der Waals surface area contributed by atoms with E-state index >= 15 is 0 Å². The number of ether oxygens (including phenoxy) is 1. The molecule has 1 aliphatic rings. The summed E-state index contributed by atoms with van der Waals surface area (Å²) in [7, 11) is 0. The maximum Gasteiger partial charge on any atom is 0 e. The van der Waals surface area contributed by atoms with Crippen LogP contribution in [0.5, 0.6) is 11.5 Å². The molecule has 5 heteroatoms. The standard InChI is InChI=1S/C37H41NO2.CO.Re/c39-35-22-18-33(19-23-35)37(32-16-8-3-9-17-32)34-20-24-36(25-21-34)40-27-11-10-26-38(28-30-12-4-1-5-13-30)29-31-14-6-2-7-15-31;1-2;/h1-2,4-7,12-15,18-25,39H,3,8-11,16-17,26-29H2;;. The summed E-state index contributed by atoms with van der Waals surface area (Å²) in [4.78, 5) is 2.53. The Labute approximate surface area is 270 Å². The van der Waals surface area contributed by atoms with Gasteiger partial charge < -0.3 is 9.84 Å². The van der Waals surface area contributed by atoms with E-state index in [1.165, 1.54) is 52.7 Å². The van der Waals surface area contributed by atoms with Crippen molar-refractivity contribution in [1.29, 1.82) is 0 Å². The topological polar surface area (TPSA) is 52.6 Å². The predicted octanol–water partition coefficient (Wildman–Crippen LogP) is 8.98. The molecule has 0 bridgehead atoms. The van der Waals surface area contributed by atoms with Crippen LogP contribution >= 0.6 is 0 Å². The fourth-order valence-corrected chi connectivity index (χ4v) is 5.67. The molecule has 0 atom stereocenters. The van der Waals surface area contributed by atoms with Crippen molar-refractivity contribution in [2.75, 3.05) is 13.2 Å². The van der Waals surface area contributed by atoms with Crippen LogP contribution in [0.4, 0.5) is 0 Å². The van der Waals surface area contributed by atoms with E-state index < -0.39 is 0 Å². The molecule has 4 aromatic rings. The van der Waals surface area contributed by atoms with Crippen molar-refractivity contribution >= 4 is 5.57 Å². The molecule has 4 nitrogen and oxygen atoms in total. The summed E-state index contributed by atoms with van der Waals surface area (Å²) in [5.74, 6) is 1.23. The third-order valence-electron chi connectivity index (χ3n) is 7.75. The largest absolute Gasteiger partial charge is 0 e. The van der Waals surface area contributed by atoms with Crippen LogP contribution in [0.3, 0.4) is 0 Å². The predicted molar refractivity (Wildman–Crippen MR) is 169 cm³/mol. The summed E-state index contributed by atoms with van der Waals surface area (Å²) >= 11 is 0. The minimum absolute atomic E-state index is 0. The molecule has 1 fully saturated rings. The van der Waals surface area contributed by atoms with Crippen molar-refractivity contribution in [2.24, 2.45) is 0 Å². The Kier molecular flexibility index (Phi) is 15.0.